The number of thioether (sulfide) groups is 1. The van der Waals surface area contributed by atoms with Crippen LogP contribution in [0.1, 0.15) is 33.6 Å². The first-order valence-corrected chi connectivity index (χ1v) is 6.87. The summed E-state index contributed by atoms with van der Waals surface area (Å²) in [5, 5.41) is 11.3. The molecule has 0 saturated carbocycles. The van der Waals surface area contributed by atoms with Crippen molar-refractivity contribution in [2.75, 3.05) is 12.0 Å². The smallest absolute Gasteiger partial charge is 0.408 e. The lowest BCUT2D eigenvalue weighted by Gasteiger charge is -2.21. The van der Waals surface area contributed by atoms with Gasteiger partial charge in [0.25, 0.3) is 0 Å². The van der Waals surface area contributed by atoms with Crippen molar-refractivity contribution in [1.82, 2.24) is 5.32 Å². The van der Waals surface area contributed by atoms with E-state index >= 15 is 0 Å². The molecular formula is C11H21NO4S. The van der Waals surface area contributed by atoms with E-state index in [0.717, 1.165) is 12.2 Å². The van der Waals surface area contributed by atoms with E-state index in [4.69, 9.17) is 9.84 Å². The molecule has 0 heterocycles. The molecule has 0 spiro atoms. The second-order valence-electron chi connectivity index (χ2n) is 4.67. The maximum atomic E-state index is 11.4. The van der Waals surface area contributed by atoms with E-state index in [9.17, 15) is 9.59 Å². The van der Waals surface area contributed by atoms with Crippen LogP contribution in [0, 0.1) is 0 Å². The third-order valence-corrected chi connectivity index (χ3v) is 2.53. The fourth-order valence-corrected chi connectivity index (χ4v) is 1.59. The minimum Gasteiger partial charge on any atom is -0.480 e. The van der Waals surface area contributed by atoms with E-state index in [1.54, 1.807) is 32.5 Å². The quantitative estimate of drug-likeness (QED) is 0.718. The summed E-state index contributed by atoms with van der Waals surface area (Å²) in [6, 6.07) is -0.878. The molecule has 0 rings (SSSR count). The summed E-state index contributed by atoms with van der Waals surface area (Å²) in [5.74, 6) is -0.156. The minimum absolute atomic E-state index is 0.412. The van der Waals surface area contributed by atoms with Crippen LogP contribution in [0.4, 0.5) is 4.79 Å². The highest BCUT2D eigenvalue weighted by atomic mass is 32.2. The van der Waals surface area contributed by atoms with Gasteiger partial charge in [0, 0.05) is 0 Å². The SMILES string of the molecule is CSCCCC(NC(=O)OC(C)(C)C)C(=O)O. The zero-order valence-electron chi connectivity index (χ0n) is 10.8. The lowest BCUT2D eigenvalue weighted by molar-refractivity contribution is -0.139. The third-order valence-electron chi connectivity index (χ3n) is 1.83. The largest absolute Gasteiger partial charge is 0.480 e. The summed E-state index contributed by atoms with van der Waals surface area (Å²) in [6.45, 7) is 5.20. The van der Waals surface area contributed by atoms with Gasteiger partial charge in [0.1, 0.15) is 11.6 Å². The van der Waals surface area contributed by atoms with Crippen LogP contribution in [0.2, 0.25) is 0 Å². The van der Waals surface area contributed by atoms with Crippen molar-refractivity contribution in [1.29, 1.82) is 0 Å². The fourth-order valence-electron chi connectivity index (χ4n) is 1.14. The molecule has 0 aliphatic heterocycles. The van der Waals surface area contributed by atoms with Crippen LogP contribution in [0.3, 0.4) is 0 Å². The van der Waals surface area contributed by atoms with E-state index in [2.05, 4.69) is 5.32 Å². The van der Waals surface area contributed by atoms with E-state index in [0.29, 0.717) is 6.42 Å². The van der Waals surface area contributed by atoms with Crippen LogP contribution >= 0.6 is 11.8 Å². The first kappa shape index (κ1) is 16.1. The number of hydrogen-bond donors (Lipinski definition) is 2. The minimum atomic E-state index is -1.03. The number of alkyl carbamates (subject to hydrolysis) is 1. The number of carboxylic acids is 1. The van der Waals surface area contributed by atoms with E-state index < -0.39 is 23.7 Å². The van der Waals surface area contributed by atoms with Crippen molar-refractivity contribution in [2.45, 2.75) is 45.3 Å². The van der Waals surface area contributed by atoms with E-state index in [-0.39, 0.29) is 0 Å². The molecule has 0 aliphatic carbocycles. The Morgan fingerprint density at radius 1 is 1.41 bits per heavy atom. The average Bonchev–Trinajstić information content (AvgIpc) is 2.13. The van der Waals surface area contributed by atoms with Crippen LogP contribution in [0.25, 0.3) is 0 Å². The molecule has 0 aromatic heterocycles. The highest BCUT2D eigenvalue weighted by Crippen LogP contribution is 2.08. The molecular weight excluding hydrogens is 242 g/mol. The topological polar surface area (TPSA) is 75.6 Å². The lowest BCUT2D eigenvalue weighted by Crippen LogP contribution is -2.43. The molecule has 0 aliphatic rings. The molecule has 5 nitrogen and oxygen atoms in total. The monoisotopic (exact) mass is 263 g/mol. The average molecular weight is 263 g/mol. The highest BCUT2D eigenvalue weighted by molar-refractivity contribution is 7.98. The van der Waals surface area contributed by atoms with Crippen molar-refractivity contribution in [3.05, 3.63) is 0 Å². The number of rotatable bonds is 6. The predicted molar refractivity (Wildman–Crippen MR) is 68.4 cm³/mol. The lowest BCUT2D eigenvalue weighted by atomic mass is 10.2. The number of carbonyl (C=O) groups is 2. The molecule has 1 atom stereocenters. The van der Waals surface area contributed by atoms with Crippen LogP contribution in [-0.4, -0.2) is 40.8 Å². The zero-order valence-corrected chi connectivity index (χ0v) is 11.6. The molecule has 17 heavy (non-hydrogen) atoms. The second-order valence-corrected chi connectivity index (χ2v) is 5.66. The standard InChI is InChI=1S/C11H21NO4S/c1-11(2,3)16-10(15)12-8(9(13)14)6-5-7-17-4/h8H,5-7H2,1-4H3,(H,12,15)(H,13,14). The molecule has 6 heteroatoms. The van der Waals surface area contributed by atoms with Gasteiger partial charge >= 0.3 is 12.1 Å². The highest BCUT2D eigenvalue weighted by Gasteiger charge is 2.23. The van der Waals surface area contributed by atoms with Crippen LogP contribution in [0.5, 0.6) is 0 Å². The summed E-state index contributed by atoms with van der Waals surface area (Å²) in [5.41, 5.74) is -0.619. The maximum absolute atomic E-state index is 11.4. The Kier molecular flexibility index (Phi) is 7.03. The molecule has 1 amide bonds. The number of aliphatic carboxylic acids is 1. The Bertz CT molecular complexity index is 263. The Balaban J connectivity index is 4.16. The summed E-state index contributed by atoms with van der Waals surface area (Å²) in [6.07, 6.45) is 2.43. The van der Waals surface area contributed by atoms with Crippen LogP contribution < -0.4 is 5.32 Å². The van der Waals surface area contributed by atoms with Gasteiger partial charge in [-0.1, -0.05) is 0 Å². The molecule has 0 aromatic rings. The number of carboxylic acid groups (broad SMARTS) is 1. The van der Waals surface area contributed by atoms with Crippen LogP contribution in [-0.2, 0) is 9.53 Å². The number of hydrogen-bond acceptors (Lipinski definition) is 4. The maximum Gasteiger partial charge on any atom is 0.408 e. The zero-order chi connectivity index (χ0) is 13.5. The molecule has 0 bridgehead atoms. The van der Waals surface area contributed by atoms with Crippen molar-refractivity contribution >= 4 is 23.8 Å². The number of amides is 1. The van der Waals surface area contributed by atoms with Gasteiger partial charge in [-0.05, 0) is 45.6 Å². The Morgan fingerprint density at radius 2 is 2.00 bits per heavy atom. The summed E-state index contributed by atoms with van der Waals surface area (Å²) in [4.78, 5) is 22.3. The normalized spacial score (nSPS) is 12.9. The van der Waals surface area contributed by atoms with Gasteiger partial charge in [0.05, 0.1) is 0 Å². The molecule has 0 fully saturated rings. The molecule has 0 radical (unpaired) electrons. The first-order valence-electron chi connectivity index (χ1n) is 5.47. The predicted octanol–water partition coefficient (Wildman–Crippen LogP) is 2.11. The summed E-state index contributed by atoms with van der Waals surface area (Å²) >= 11 is 1.65. The number of nitrogens with one attached hydrogen (secondary N) is 1. The van der Waals surface area contributed by atoms with Gasteiger partial charge in [0.15, 0.2) is 0 Å². The second kappa shape index (κ2) is 7.42. The van der Waals surface area contributed by atoms with Crippen molar-refractivity contribution in [2.24, 2.45) is 0 Å². The molecule has 2 N–H and O–H groups in total. The van der Waals surface area contributed by atoms with Crippen molar-refractivity contribution in [3.8, 4) is 0 Å². The van der Waals surface area contributed by atoms with Gasteiger partial charge in [-0.3, -0.25) is 0 Å². The van der Waals surface area contributed by atoms with Gasteiger partial charge in [-0.2, -0.15) is 11.8 Å². The summed E-state index contributed by atoms with van der Waals surface area (Å²) in [7, 11) is 0. The fraction of sp³-hybridized carbons (Fsp3) is 0.818. The van der Waals surface area contributed by atoms with Gasteiger partial charge in [-0.15, -0.1) is 0 Å². The molecule has 0 aromatic carbocycles. The van der Waals surface area contributed by atoms with Gasteiger partial charge in [0.2, 0.25) is 0 Å². The Morgan fingerprint density at radius 3 is 2.41 bits per heavy atom. The molecule has 100 valence electrons. The Labute approximate surface area is 106 Å². The van der Waals surface area contributed by atoms with Crippen molar-refractivity contribution < 1.29 is 19.4 Å². The first-order chi connectivity index (χ1) is 7.76. The number of ether oxygens (including phenoxy) is 1. The van der Waals surface area contributed by atoms with Gasteiger partial charge in [-0.25, -0.2) is 9.59 Å². The van der Waals surface area contributed by atoms with E-state index in [1.807, 2.05) is 6.26 Å². The Hall–Kier alpha value is -0.910. The van der Waals surface area contributed by atoms with Crippen LogP contribution in [0.15, 0.2) is 0 Å². The number of carbonyl (C=O) groups excluding carboxylic acids is 1. The van der Waals surface area contributed by atoms with Gasteiger partial charge < -0.3 is 15.2 Å². The van der Waals surface area contributed by atoms with E-state index in [1.165, 1.54) is 0 Å². The molecule has 0 saturated heterocycles. The third kappa shape index (κ3) is 8.85. The van der Waals surface area contributed by atoms with Crippen molar-refractivity contribution in [3.63, 3.8) is 0 Å². The molecule has 1 unspecified atom stereocenters. The summed E-state index contributed by atoms with van der Waals surface area (Å²) < 4.78 is 5.01.